The van der Waals surface area contributed by atoms with E-state index >= 15 is 0 Å². The van der Waals surface area contributed by atoms with Gasteiger partial charge in [0.25, 0.3) is 5.91 Å². The highest BCUT2D eigenvalue weighted by molar-refractivity contribution is 5.96. The lowest BCUT2D eigenvalue weighted by atomic mass is 9.74. The first-order valence-corrected chi connectivity index (χ1v) is 8.48. The number of aliphatic carboxylic acids is 1. The summed E-state index contributed by atoms with van der Waals surface area (Å²) in [5.41, 5.74) is -0.503. The van der Waals surface area contributed by atoms with Gasteiger partial charge in [0, 0.05) is 37.6 Å². The first-order valence-electron chi connectivity index (χ1n) is 8.48. The number of carboxylic acids is 1. The van der Waals surface area contributed by atoms with Gasteiger partial charge in [-0.15, -0.1) is 0 Å². The number of hydrogen-bond donors (Lipinski definition) is 1. The van der Waals surface area contributed by atoms with E-state index in [1.807, 2.05) is 0 Å². The molecule has 1 aromatic rings. The van der Waals surface area contributed by atoms with Gasteiger partial charge < -0.3 is 14.7 Å². The minimum absolute atomic E-state index is 0.0583. The number of carbonyl (C=O) groups is 2. The Labute approximate surface area is 148 Å². The summed E-state index contributed by atoms with van der Waals surface area (Å²) in [7, 11) is 0. The molecule has 8 heteroatoms. The number of benzene rings is 1. The van der Waals surface area contributed by atoms with Crippen LogP contribution in [0.2, 0.25) is 0 Å². The van der Waals surface area contributed by atoms with Gasteiger partial charge >= 0.3 is 12.1 Å². The molecular weight excluding hydrogens is 351 g/mol. The molecule has 3 rings (SSSR count). The van der Waals surface area contributed by atoms with E-state index in [-0.39, 0.29) is 37.6 Å². The number of likely N-dealkylation sites (tertiary alicyclic amines) is 1. The fourth-order valence-corrected chi connectivity index (χ4v) is 3.85. The van der Waals surface area contributed by atoms with Crippen LogP contribution in [0.4, 0.5) is 13.2 Å². The zero-order valence-corrected chi connectivity index (χ0v) is 14.1. The summed E-state index contributed by atoms with van der Waals surface area (Å²) in [5, 5.41) is 9.68. The molecule has 2 atom stereocenters. The second kappa shape index (κ2) is 6.90. The molecule has 0 spiro atoms. The molecule has 2 aliphatic rings. The average Bonchev–Trinajstić information content (AvgIpc) is 3.00. The highest BCUT2D eigenvalue weighted by Gasteiger charge is 2.55. The lowest BCUT2D eigenvalue weighted by molar-refractivity contribution is -0.157. The van der Waals surface area contributed by atoms with Crippen molar-refractivity contribution < 1.29 is 32.6 Å². The Morgan fingerprint density at radius 3 is 2.69 bits per heavy atom. The average molecular weight is 371 g/mol. The Bertz CT molecular complexity index is 706. The van der Waals surface area contributed by atoms with E-state index in [0.29, 0.717) is 18.6 Å². The molecule has 0 aliphatic carbocycles. The SMILES string of the molecule is O=C(c1ccccc1CCC(F)(F)F)N1C[C@H]2COCC[C@@]2(C(=O)O)C1. The highest BCUT2D eigenvalue weighted by atomic mass is 19.4. The van der Waals surface area contributed by atoms with Crippen LogP contribution in [0.5, 0.6) is 0 Å². The smallest absolute Gasteiger partial charge is 0.389 e. The third-order valence-electron chi connectivity index (χ3n) is 5.35. The molecule has 0 radical (unpaired) electrons. The molecule has 0 saturated carbocycles. The minimum atomic E-state index is -4.30. The van der Waals surface area contributed by atoms with Crippen LogP contribution >= 0.6 is 0 Å². The summed E-state index contributed by atoms with van der Waals surface area (Å²) in [6.45, 7) is 0.889. The molecule has 2 aliphatic heterocycles. The van der Waals surface area contributed by atoms with Crippen LogP contribution in [0.3, 0.4) is 0 Å². The molecule has 26 heavy (non-hydrogen) atoms. The molecule has 1 aromatic carbocycles. The standard InChI is InChI=1S/C18H20F3NO4/c19-18(20,21)6-5-12-3-1-2-4-14(12)15(23)22-9-13-10-26-8-7-17(13,11-22)16(24)25/h1-4,13H,5-11H2,(H,24,25)/t13-,17+/m0/s1. The Kier molecular flexibility index (Phi) is 4.96. The zero-order chi connectivity index (χ0) is 18.9. The third kappa shape index (κ3) is 3.56. The van der Waals surface area contributed by atoms with Gasteiger partial charge in [-0.05, 0) is 24.5 Å². The normalized spacial score (nSPS) is 25.8. The van der Waals surface area contributed by atoms with Crippen molar-refractivity contribution >= 4 is 11.9 Å². The molecule has 2 saturated heterocycles. The van der Waals surface area contributed by atoms with E-state index in [2.05, 4.69) is 0 Å². The molecule has 2 fully saturated rings. The number of hydrogen-bond acceptors (Lipinski definition) is 3. The summed E-state index contributed by atoms with van der Waals surface area (Å²) >= 11 is 0. The van der Waals surface area contributed by atoms with Gasteiger partial charge in [-0.25, -0.2) is 0 Å². The van der Waals surface area contributed by atoms with Crippen LogP contribution in [0.15, 0.2) is 24.3 Å². The van der Waals surface area contributed by atoms with Crippen molar-refractivity contribution in [2.45, 2.75) is 25.4 Å². The van der Waals surface area contributed by atoms with Gasteiger partial charge in [0.2, 0.25) is 0 Å². The molecule has 0 unspecified atom stereocenters. The largest absolute Gasteiger partial charge is 0.481 e. The van der Waals surface area contributed by atoms with E-state index in [9.17, 15) is 27.9 Å². The zero-order valence-electron chi connectivity index (χ0n) is 14.1. The summed E-state index contributed by atoms with van der Waals surface area (Å²) in [4.78, 5) is 26.2. The van der Waals surface area contributed by atoms with Crippen molar-refractivity contribution in [3.05, 3.63) is 35.4 Å². The van der Waals surface area contributed by atoms with Gasteiger partial charge in [-0.3, -0.25) is 9.59 Å². The topological polar surface area (TPSA) is 66.8 Å². The second-order valence-corrected chi connectivity index (χ2v) is 6.94. The van der Waals surface area contributed by atoms with Crippen molar-refractivity contribution in [2.24, 2.45) is 11.3 Å². The number of alkyl halides is 3. The second-order valence-electron chi connectivity index (χ2n) is 6.94. The van der Waals surface area contributed by atoms with Crippen molar-refractivity contribution in [3.63, 3.8) is 0 Å². The Balaban J connectivity index is 1.81. The van der Waals surface area contributed by atoms with Crippen molar-refractivity contribution in [2.75, 3.05) is 26.3 Å². The maximum absolute atomic E-state index is 12.9. The summed E-state index contributed by atoms with van der Waals surface area (Å²) in [6, 6.07) is 6.21. The molecule has 1 N–H and O–H groups in total. The molecular formula is C18H20F3NO4. The first-order chi connectivity index (χ1) is 12.2. The fraction of sp³-hybridized carbons (Fsp3) is 0.556. The van der Waals surface area contributed by atoms with Crippen molar-refractivity contribution in [1.29, 1.82) is 0 Å². The summed E-state index contributed by atoms with van der Waals surface area (Å²) in [6.07, 6.45) is -5.27. The fourth-order valence-electron chi connectivity index (χ4n) is 3.85. The number of nitrogens with zero attached hydrogens (tertiary/aromatic N) is 1. The number of ether oxygens (including phenoxy) is 1. The number of amides is 1. The van der Waals surface area contributed by atoms with Gasteiger partial charge in [-0.1, -0.05) is 18.2 Å². The van der Waals surface area contributed by atoms with E-state index in [0.717, 1.165) is 0 Å². The Hall–Kier alpha value is -2.09. The van der Waals surface area contributed by atoms with Gasteiger partial charge in [-0.2, -0.15) is 13.2 Å². The van der Waals surface area contributed by atoms with E-state index in [1.165, 1.54) is 17.0 Å². The third-order valence-corrected chi connectivity index (χ3v) is 5.35. The molecule has 2 heterocycles. The Morgan fingerprint density at radius 2 is 2.04 bits per heavy atom. The number of carboxylic acid groups (broad SMARTS) is 1. The van der Waals surface area contributed by atoms with Crippen LogP contribution in [-0.2, 0) is 16.0 Å². The summed E-state index contributed by atoms with van der Waals surface area (Å²) in [5.74, 6) is -1.68. The van der Waals surface area contributed by atoms with Crippen LogP contribution in [0, 0.1) is 11.3 Å². The first kappa shape index (κ1) is 18.7. The maximum atomic E-state index is 12.9. The van der Waals surface area contributed by atoms with E-state index in [4.69, 9.17) is 4.74 Å². The monoisotopic (exact) mass is 371 g/mol. The lowest BCUT2D eigenvalue weighted by Gasteiger charge is -2.33. The molecule has 0 aromatic heterocycles. The van der Waals surface area contributed by atoms with Crippen molar-refractivity contribution in [3.8, 4) is 0 Å². The van der Waals surface area contributed by atoms with Crippen LogP contribution in [0.1, 0.15) is 28.8 Å². The predicted octanol–water partition coefficient (Wildman–Crippen LogP) is 2.74. The Morgan fingerprint density at radius 1 is 1.31 bits per heavy atom. The van der Waals surface area contributed by atoms with Crippen LogP contribution in [0.25, 0.3) is 0 Å². The number of carbonyl (C=O) groups excluding carboxylic acids is 1. The quantitative estimate of drug-likeness (QED) is 0.884. The molecule has 0 bridgehead atoms. The number of aryl methyl sites for hydroxylation is 1. The summed E-state index contributed by atoms with van der Waals surface area (Å²) < 4.78 is 43.0. The molecule has 142 valence electrons. The van der Waals surface area contributed by atoms with Gasteiger partial charge in [0.15, 0.2) is 0 Å². The van der Waals surface area contributed by atoms with Gasteiger partial charge in [0.1, 0.15) is 0 Å². The van der Waals surface area contributed by atoms with Crippen LogP contribution < -0.4 is 0 Å². The van der Waals surface area contributed by atoms with E-state index in [1.54, 1.807) is 12.1 Å². The predicted molar refractivity (Wildman–Crippen MR) is 85.7 cm³/mol. The van der Waals surface area contributed by atoms with Crippen LogP contribution in [-0.4, -0.2) is 54.4 Å². The molecule has 1 amide bonds. The minimum Gasteiger partial charge on any atom is -0.481 e. The number of rotatable bonds is 4. The van der Waals surface area contributed by atoms with E-state index < -0.39 is 29.9 Å². The molecule has 5 nitrogen and oxygen atoms in total. The van der Waals surface area contributed by atoms with Crippen molar-refractivity contribution in [1.82, 2.24) is 4.90 Å². The number of halogens is 3. The lowest BCUT2D eigenvalue weighted by Crippen LogP contribution is -2.45. The van der Waals surface area contributed by atoms with Gasteiger partial charge in [0.05, 0.1) is 12.0 Å². The highest BCUT2D eigenvalue weighted by Crippen LogP contribution is 2.43. The maximum Gasteiger partial charge on any atom is 0.389 e. The number of fused-ring (bicyclic) bond motifs is 1.